The molecule has 0 radical (unpaired) electrons. The summed E-state index contributed by atoms with van der Waals surface area (Å²) in [7, 11) is -8.80. The van der Waals surface area contributed by atoms with E-state index >= 15 is 0 Å². The SMILES string of the molecule is OC1C(c2ccccc2)[C@@]2(O)[C@@H]1O[C@@H](O)[C@H](OP(c1cc(C(F)(F)F)cc(C(F)(F)F)c1)c1cc(C(F)(F)F)cc(C(F)(F)F)c1)[C@H]2OP(c1cc(C(F)(F)F)cc(C(F)(F)F)c1)c1cc(C(F)(F)F)cc(C(F)(F)F)c1.[Rh]/[C]1=C/CC/C=C\CC1. The first-order valence-corrected chi connectivity index (χ1v) is 27.5. The Kier molecular flexibility index (Phi) is 19.8. The molecule has 0 bridgehead atoms. The second kappa shape index (κ2) is 24.8. The van der Waals surface area contributed by atoms with Crippen molar-refractivity contribution in [2.75, 3.05) is 0 Å². The van der Waals surface area contributed by atoms with Gasteiger partial charge in [0, 0.05) is 27.1 Å². The molecule has 8 rings (SSSR count). The van der Waals surface area contributed by atoms with E-state index in [0.29, 0.717) is 0 Å². The van der Waals surface area contributed by atoms with Crippen LogP contribution in [-0.4, -0.2) is 51.6 Å². The molecule has 1 saturated carbocycles. The van der Waals surface area contributed by atoms with E-state index in [1.807, 2.05) is 0 Å². The van der Waals surface area contributed by atoms with Gasteiger partial charge in [-0.05, 0) is 78.4 Å². The van der Waals surface area contributed by atoms with Gasteiger partial charge in [-0.1, -0.05) is 30.3 Å². The van der Waals surface area contributed by atoms with Gasteiger partial charge >= 0.3 is 116 Å². The van der Waals surface area contributed by atoms with Crippen molar-refractivity contribution < 1.29 is 153 Å². The van der Waals surface area contributed by atoms with E-state index in [1.54, 1.807) is 0 Å². The Morgan fingerprint density at radius 1 is 0.442 bits per heavy atom. The van der Waals surface area contributed by atoms with Crippen LogP contribution in [0.3, 0.4) is 0 Å². The zero-order chi connectivity index (χ0) is 64.3. The van der Waals surface area contributed by atoms with Gasteiger partial charge in [0.2, 0.25) is 0 Å². The molecule has 7 atom stereocenters. The van der Waals surface area contributed by atoms with Crippen molar-refractivity contribution in [3.05, 3.63) is 176 Å². The predicted octanol–water partition coefficient (Wildman–Crippen LogP) is 15.2. The van der Waals surface area contributed by atoms with E-state index in [-0.39, 0.29) is 54.1 Å². The van der Waals surface area contributed by atoms with E-state index < -0.39 is 198 Å². The summed E-state index contributed by atoms with van der Waals surface area (Å²) in [5.74, 6) is -2.14. The van der Waals surface area contributed by atoms with E-state index in [2.05, 4.69) is 36.5 Å². The summed E-state index contributed by atoms with van der Waals surface area (Å²) >= 11 is 2.97. The Bertz CT molecular complexity index is 3000. The van der Waals surface area contributed by atoms with Crippen LogP contribution in [0.1, 0.15) is 81.7 Å². The Balaban J connectivity index is 0.00000107. The Labute approximate surface area is 481 Å². The molecule has 0 spiro atoms. The number of rotatable bonds is 9. The number of alkyl halides is 24. The molecular formula is C53H37F24O6P2Rh. The molecule has 1 aliphatic heterocycles. The monoisotopic (exact) mass is 1390 g/mol. The number of halogens is 24. The number of hydrogen-bond acceptors (Lipinski definition) is 6. The summed E-state index contributed by atoms with van der Waals surface area (Å²) in [6, 6.07) is 0.783. The van der Waals surface area contributed by atoms with Crippen molar-refractivity contribution in [1.29, 1.82) is 0 Å². The van der Waals surface area contributed by atoms with Gasteiger partial charge in [-0.15, -0.1) is 0 Å². The molecule has 1 saturated heterocycles. The summed E-state index contributed by atoms with van der Waals surface area (Å²) in [5.41, 5.74) is -22.6. The van der Waals surface area contributed by atoms with E-state index in [1.165, 1.54) is 35.9 Å². The van der Waals surface area contributed by atoms with Gasteiger partial charge in [0.15, 0.2) is 6.29 Å². The zero-order valence-electron chi connectivity index (χ0n) is 42.2. The molecule has 6 nitrogen and oxygen atoms in total. The molecular weight excluding hydrogens is 1350 g/mol. The third-order valence-corrected chi connectivity index (χ3v) is 17.7. The first kappa shape index (κ1) is 68.6. The van der Waals surface area contributed by atoms with Crippen molar-refractivity contribution in [2.45, 2.75) is 117 Å². The van der Waals surface area contributed by atoms with Crippen molar-refractivity contribution in [1.82, 2.24) is 0 Å². The van der Waals surface area contributed by atoms with Crippen LogP contribution in [0.4, 0.5) is 105 Å². The fraction of sp³-hybridized carbons (Fsp3) is 0.358. The van der Waals surface area contributed by atoms with Gasteiger partial charge < -0.3 is 29.1 Å². The van der Waals surface area contributed by atoms with Crippen LogP contribution in [0.15, 0.2) is 126 Å². The Morgan fingerprint density at radius 3 is 1.08 bits per heavy atom. The number of fused-ring (bicyclic) bond motifs is 1. The van der Waals surface area contributed by atoms with Crippen LogP contribution >= 0.6 is 16.3 Å². The number of allylic oxidation sites excluding steroid dienone is 4. The quantitative estimate of drug-likeness (QED) is 0.0590. The number of ether oxygens (including phenoxy) is 1. The van der Waals surface area contributed by atoms with Gasteiger partial charge in [0.25, 0.3) is 0 Å². The maximum absolute atomic E-state index is 14.4. The molecule has 0 amide bonds. The number of aliphatic hydroxyl groups excluding tert-OH is 2. The number of aliphatic hydroxyl groups is 3. The minimum atomic E-state index is -5.89. The van der Waals surface area contributed by atoms with Crippen LogP contribution in [0.2, 0.25) is 0 Å². The molecule has 3 N–H and O–H groups in total. The van der Waals surface area contributed by atoms with Crippen molar-refractivity contribution in [2.24, 2.45) is 0 Å². The minimum absolute atomic E-state index is 0.304. The summed E-state index contributed by atoms with van der Waals surface area (Å²) < 4.78 is 364. The maximum atomic E-state index is 14.4. The third kappa shape index (κ3) is 15.8. The van der Waals surface area contributed by atoms with Crippen molar-refractivity contribution in [3.63, 3.8) is 0 Å². The van der Waals surface area contributed by atoms with Crippen LogP contribution in [0.5, 0.6) is 0 Å². The van der Waals surface area contributed by atoms with E-state index in [0.717, 1.165) is 24.3 Å². The molecule has 33 heteroatoms. The first-order chi connectivity index (χ1) is 39.3. The standard InChI is InChI=1S/C45H26F24O6P2.C8H11.Rh/c46-38(47,48)19-6-20(39(49,50)51)11-27(10-19)76(28-12-21(40(52,53)54)7-22(13-28)41(55,56)57)74-33-35(37(72)31(18-4-2-1-3-5-18)32(70)34(37)73-36(33)71)75-77(29-14-23(42(58,59)60)8-24(15-29)43(61,62)63)30-16-25(44(64,65)66)9-26(17-30)45(67,68)69;1-2-4-6-8-7-5-3-1;/h1-17,31-36,70-72H;1-2,7H,3-6H2;/b;2-1-,8-7?;/t31?,32?,33-,34-,35-,36-,37-;;/m1../s1. The molecule has 5 aromatic rings. The molecule has 2 unspecified atom stereocenters. The van der Waals surface area contributed by atoms with Crippen molar-refractivity contribution >= 4 is 37.5 Å². The summed E-state index contributed by atoms with van der Waals surface area (Å²) in [4.78, 5) is 0. The van der Waals surface area contributed by atoms with E-state index in [9.17, 15) is 121 Å². The Hall–Kier alpha value is -4.86. The van der Waals surface area contributed by atoms with E-state index in [4.69, 9.17) is 13.8 Å². The topological polar surface area (TPSA) is 88.4 Å². The first-order valence-electron chi connectivity index (χ1n) is 24.2. The average molecular weight is 1390 g/mol. The van der Waals surface area contributed by atoms with Gasteiger partial charge in [-0.3, -0.25) is 0 Å². The second-order valence-corrected chi connectivity index (χ2v) is 23.9. The van der Waals surface area contributed by atoms with Crippen LogP contribution in [0.25, 0.3) is 0 Å². The summed E-state index contributed by atoms with van der Waals surface area (Å²) in [5, 5.41) is 29.1. The molecule has 2 aliphatic carbocycles. The van der Waals surface area contributed by atoms with Crippen molar-refractivity contribution in [3.8, 4) is 0 Å². The van der Waals surface area contributed by atoms with Gasteiger partial charge in [0.05, 0.1) is 66.9 Å². The predicted molar refractivity (Wildman–Crippen MR) is 255 cm³/mol. The van der Waals surface area contributed by atoms with Gasteiger partial charge in [-0.25, -0.2) is 0 Å². The third-order valence-electron chi connectivity index (χ3n) is 13.2. The Morgan fingerprint density at radius 2 is 0.756 bits per heavy atom. The molecule has 0 aromatic heterocycles. The second-order valence-electron chi connectivity index (χ2n) is 19.2. The molecule has 3 aliphatic rings. The van der Waals surface area contributed by atoms with Crippen LogP contribution in [-0.2, 0) is 81.5 Å². The van der Waals surface area contributed by atoms with Gasteiger partial charge in [0.1, 0.15) is 23.9 Å². The van der Waals surface area contributed by atoms with Crippen LogP contribution < -0.4 is 21.2 Å². The average Bonchev–Trinajstić information content (AvgIpc) is 0.693. The molecule has 472 valence electrons. The fourth-order valence-electron chi connectivity index (χ4n) is 9.21. The molecule has 86 heavy (non-hydrogen) atoms. The zero-order valence-corrected chi connectivity index (χ0v) is 45.6. The molecule has 2 fully saturated rings. The normalized spacial score (nSPS) is 23.8. The number of hydrogen-bond donors (Lipinski definition) is 3. The number of benzene rings is 5. The fourth-order valence-corrected chi connectivity index (χ4v) is 13.8. The molecule has 1 heterocycles. The van der Waals surface area contributed by atoms with Crippen LogP contribution in [0, 0.1) is 0 Å². The summed E-state index contributed by atoms with van der Waals surface area (Å²) in [6.07, 6.45) is -49.8. The van der Waals surface area contributed by atoms with Gasteiger partial charge in [-0.2, -0.15) is 105 Å². The molecule has 5 aromatic carbocycles. The summed E-state index contributed by atoms with van der Waals surface area (Å²) in [6.45, 7) is 0.